The van der Waals surface area contributed by atoms with E-state index in [0.29, 0.717) is 11.7 Å². The molecule has 1 aromatic rings. The fourth-order valence-electron chi connectivity index (χ4n) is 4.31. The van der Waals surface area contributed by atoms with Crippen molar-refractivity contribution in [3.8, 4) is 0 Å². The number of aromatic nitrogens is 2. The number of hydrogen-bond donors (Lipinski definition) is 1. The van der Waals surface area contributed by atoms with Crippen molar-refractivity contribution < 1.29 is 4.79 Å². The summed E-state index contributed by atoms with van der Waals surface area (Å²) in [5, 5.41) is 13.9. The number of unbranched alkanes of at least 4 members (excludes halogenated alkanes) is 13. The van der Waals surface area contributed by atoms with Crippen LogP contribution in [0.15, 0.2) is 0 Å². The minimum absolute atomic E-state index is 0.00469. The van der Waals surface area contributed by atoms with E-state index in [1.54, 1.807) is 9.80 Å². The van der Waals surface area contributed by atoms with Crippen molar-refractivity contribution in [1.29, 1.82) is 0 Å². The summed E-state index contributed by atoms with van der Waals surface area (Å²) in [6.45, 7) is 10.3. The number of carbonyl (C=O) groups is 1. The average Bonchev–Trinajstić information content (AvgIpc) is 3.36. The normalized spacial score (nSPS) is 16.9. The lowest BCUT2D eigenvalue weighted by Crippen LogP contribution is -2.44. The number of carbonyl (C=O) groups excluding carboxylic acids is 1. The van der Waals surface area contributed by atoms with Crippen molar-refractivity contribution in [3.05, 3.63) is 5.01 Å². The molecule has 1 N–H and O–H groups in total. The molecular weight excluding hydrogens is 430 g/mol. The van der Waals surface area contributed by atoms with Gasteiger partial charge in [-0.1, -0.05) is 123 Å². The Morgan fingerprint density at radius 2 is 1.39 bits per heavy atom. The monoisotopic (exact) mass is 479 g/mol. The van der Waals surface area contributed by atoms with Crippen LogP contribution < -0.4 is 10.2 Å². The molecule has 33 heavy (non-hydrogen) atoms. The number of anilines is 1. The van der Waals surface area contributed by atoms with Gasteiger partial charge in [0.05, 0.1) is 6.54 Å². The molecule has 2 rings (SSSR count). The summed E-state index contributed by atoms with van der Waals surface area (Å²) in [7, 11) is 1.86. The molecular formula is C26H49N5OS. The van der Waals surface area contributed by atoms with Crippen LogP contribution in [0.2, 0.25) is 0 Å². The highest BCUT2D eigenvalue weighted by Gasteiger charge is 2.38. The van der Waals surface area contributed by atoms with Crippen molar-refractivity contribution in [3.63, 3.8) is 0 Å². The Morgan fingerprint density at radius 1 is 0.879 bits per heavy atom. The smallest absolute Gasteiger partial charge is 0.324 e. The Balaban J connectivity index is 1.55. The molecule has 7 heteroatoms. The van der Waals surface area contributed by atoms with Gasteiger partial charge < -0.3 is 4.90 Å². The fraction of sp³-hybridized carbons (Fsp3) is 0.885. The summed E-state index contributed by atoms with van der Waals surface area (Å²) in [4.78, 5) is 16.2. The third-order valence-electron chi connectivity index (χ3n) is 6.46. The number of urea groups is 1. The van der Waals surface area contributed by atoms with Gasteiger partial charge in [0.1, 0.15) is 11.2 Å². The molecule has 1 fully saturated rings. The molecule has 190 valence electrons. The van der Waals surface area contributed by atoms with Crippen LogP contribution in [-0.4, -0.2) is 47.4 Å². The summed E-state index contributed by atoms with van der Waals surface area (Å²) < 4.78 is 0. The summed E-state index contributed by atoms with van der Waals surface area (Å²) >= 11 is 1.53. The molecule has 0 aliphatic carbocycles. The Morgan fingerprint density at radius 3 is 1.88 bits per heavy atom. The van der Waals surface area contributed by atoms with Gasteiger partial charge in [-0.05, 0) is 13.0 Å². The van der Waals surface area contributed by atoms with Crippen molar-refractivity contribution in [1.82, 2.24) is 20.4 Å². The molecule has 0 bridgehead atoms. The summed E-state index contributed by atoms with van der Waals surface area (Å²) in [5.74, 6) is 0. The zero-order valence-electron chi connectivity index (χ0n) is 22.0. The predicted molar refractivity (Wildman–Crippen MR) is 141 cm³/mol. The Kier molecular flexibility index (Phi) is 12.7. The number of likely N-dealkylation sites (N-methyl/N-ethyl adjacent to an activating group) is 1. The minimum Gasteiger partial charge on any atom is -0.324 e. The van der Waals surface area contributed by atoms with Crippen LogP contribution in [0, 0.1) is 0 Å². The number of nitrogens with zero attached hydrogens (tertiary/aromatic N) is 4. The largest absolute Gasteiger partial charge is 0.327 e. The number of rotatable bonds is 17. The Hall–Kier alpha value is -1.21. The van der Waals surface area contributed by atoms with E-state index in [1.807, 2.05) is 7.05 Å². The van der Waals surface area contributed by atoms with Gasteiger partial charge in [0.25, 0.3) is 0 Å². The van der Waals surface area contributed by atoms with Gasteiger partial charge >= 0.3 is 6.03 Å². The van der Waals surface area contributed by atoms with Crippen LogP contribution in [0.1, 0.15) is 123 Å². The summed E-state index contributed by atoms with van der Waals surface area (Å²) in [6, 6.07) is 0.00469. The molecule has 1 aliphatic rings. The van der Waals surface area contributed by atoms with E-state index in [0.717, 1.165) is 18.0 Å². The third kappa shape index (κ3) is 9.89. The van der Waals surface area contributed by atoms with Gasteiger partial charge in [0, 0.05) is 12.5 Å². The molecule has 1 aromatic heterocycles. The number of amides is 2. The van der Waals surface area contributed by atoms with Crippen molar-refractivity contribution in [2.24, 2.45) is 0 Å². The lowest BCUT2D eigenvalue weighted by Gasteiger charge is -2.21. The highest BCUT2D eigenvalue weighted by molar-refractivity contribution is 7.15. The van der Waals surface area contributed by atoms with Crippen LogP contribution >= 0.6 is 11.3 Å². The zero-order valence-corrected chi connectivity index (χ0v) is 22.8. The van der Waals surface area contributed by atoms with E-state index in [1.165, 1.54) is 94.8 Å². The van der Waals surface area contributed by atoms with Gasteiger partial charge in [-0.2, -0.15) is 0 Å². The summed E-state index contributed by atoms with van der Waals surface area (Å²) in [5.41, 5.74) is -0.0538. The molecule has 0 saturated carbocycles. The molecule has 2 heterocycles. The zero-order chi connectivity index (χ0) is 24.1. The maximum Gasteiger partial charge on any atom is 0.327 e. The maximum absolute atomic E-state index is 12.7. The first kappa shape index (κ1) is 28.0. The van der Waals surface area contributed by atoms with Crippen LogP contribution in [0.5, 0.6) is 0 Å². The van der Waals surface area contributed by atoms with Gasteiger partial charge in [0.2, 0.25) is 5.13 Å². The molecule has 1 saturated heterocycles. The molecule has 1 atom stereocenters. The number of hydrogen-bond acceptors (Lipinski definition) is 5. The second-order valence-electron chi connectivity index (χ2n) is 10.7. The van der Waals surface area contributed by atoms with E-state index < -0.39 is 0 Å². The molecule has 0 spiro atoms. The Bertz CT molecular complexity index is 672. The van der Waals surface area contributed by atoms with Gasteiger partial charge in [0.15, 0.2) is 0 Å². The molecule has 1 aliphatic heterocycles. The standard InChI is InChI=1S/C26H49N5OS/c1-6-7-8-9-10-11-12-13-14-15-16-17-18-19-20-27-22-21-30(5)25(32)31(22)24-29-28-23(33-24)26(2,3)4/h22,27H,6-21H2,1-5H3. The molecule has 2 amide bonds. The van der Waals surface area contributed by atoms with Gasteiger partial charge in [-0.3, -0.25) is 10.2 Å². The van der Waals surface area contributed by atoms with E-state index in [2.05, 4.69) is 43.2 Å². The van der Waals surface area contributed by atoms with Gasteiger partial charge in [-0.25, -0.2) is 4.79 Å². The topological polar surface area (TPSA) is 61.4 Å². The highest BCUT2D eigenvalue weighted by atomic mass is 32.1. The van der Waals surface area contributed by atoms with E-state index >= 15 is 0 Å². The Labute approximate surface area is 206 Å². The fourth-order valence-corrected chi connectivity index (χ4v) is 5.26. The van der Waals surface area contributed by atoms with Crippen LogP contribution in [0.25, 0.3) is 0 Å². The first-order valence-corrected chi connectivity index (χ1v) is 14.3. The average molecular weight is 480 g/mol. The lowest BCUT2D eigenvalue weighted by atomic mass is 9.98. The molecule has 0 radical (unpaired) electrons. The molecule has 0 aromatic carbocycles. The van der Waals surface area contributed by atoms with Crippen LogP contribution in [-0.2, 0) is 5.41 Å². The maximum atomic E-state index is 12.7. The molecule has 1 unspecified atom stereocenters. The van der Waals surface area contributed by atoms with E-state index in [-0.39, 0.29) is 17.6 Å². The lowest BCUT2D eigenvalue weighted by molar-refractivity contribution is 0.229. The van der Waals surface area contributed by atoms with Crippen molar-refractivity contribution >= 4 is 22.5 Å². The van der Waals surface area contributed by atoms with Crippen LogP contribution in [0.3, 0.4) is 0 Å². The van der Waals surface area contributed by atoms with Crippen molar-refractivity contribution in [2.75, 3.05) is 25.0 Å². The molecule has 6 nitrogen and oxygen atoms in total. The second-order valence-corrected chi connectivity index (χ2v) is 11.7. The van der Waals surface area contributed by atoms with Crippen molar-refractivity contribution in [2.45, 2.75) is 129 Å². The third-order valence-corrected chi connectivity index (χ3v) is 7.81. The predicted octanol–water partition coefficient (Wildman–Crippen LogP) is 7.10. The van der Waals surface area contributed by atoms with E-state index in [4.69, 9.17) is 0 Å². The second kappa shape index (κ2) is 14.9. The SMILES string of the molecule is CCCCCCCCCCCCCCCCNC1CN(C)C(=O)N1c1nnc(C(C)(C)C)s1. The number of nitrogens with one attached hydrogen (secondary N) is 1. The summed E-state index contributed by atoms with van der Waals surface area (Å²) in [6.07, 6.45) is 19.2. The van der Waals surface area contributed by atoms with Crippen LogP contribution in [0.4, 0.5) is 9.93 Å². The highest BCUT2D eigenvalue weighted by Crippen LogP contribution is 2.32. The first-order valence-electron chi connectivity index (χ1n) is 13.5. The quantitative estimate of drug-likeness (QED) is 0.242. The van der Waals surface area contributed by atoms with Gasteiger partial charge in [-0.15, -0.1) is 10.2 Å². The van der Waals surface area contributed by atoms with E-state index in [9.17, 15) is 4.79 Å². The first-order chi connectivity index (χ1) is 15.8. The minimum atomic E-state index is -0.0538.